The van der Waals surface area contributed by atoms with E-state index in [4.69, 9.17) is 0 Å². The van der Waals surface area contributed by atoms with Crippen LogP contribution in [-0.4, -0.2) is 10.1 Å². The number of hydrogen-bond acceptors (Lipinski definition) is 2. The molecule has 0 unspecified atom stereocenters. The SMILES string of the molecule is CC(C)c1cccc(C2(O)CC2)n1. The predicted molar refractivity (Wildman–Crippen MR) is 51.5 cm³/mol. The minimum atomic E-state index is -0.592. The van der Waals surface area contributed by atoms with Crippen molar-refractivity contribution in [3.05, 3.63) is 29.6 Å². The van der Waals surface area contributed by atoms with Gasteiger partial charge in [-0.25, -0.2) is 0 Å². The lowest BCUT2D eigenvalue weighted by molar-refractivity contribution is 0.146. The molecule has 1 saturated carbocycles. The van der Waals surface area contributed by atoms with E-state index in [0.717, 1.165) is 24.2 Å². The standard InChI is InChI=1S/C11H15NO/c1-8(2)9-4-3-5-10(12-9)11(13)6-7-11/h3-5,8,13H,6-7H2,1-2H3. The number of rotatable bonds is 2. The molecule has 0 aromatic carbocycles. The second-order valence-electron chi connectivity index (χ2n) is 4.13. The predicted octanol–water partition coefficient (Wildman–Crippen LogP) is 2.19. The molecule has 1 aliphatic carbocycles. The van der Waals surface area contributed by atoms with E-state index in [2.05, 4.69) is 18.8 Å². The second kappa shape index (κ2) is 2.81. The van der Waals surface area contributed by atoms with Gasteiger partial charge in [-0.1, -0.05) is 19.9 Å². The fourth-order valence-electron chi connectivity index (χ4n) is 1.41. The van der Waals surface area contributed by atoms with Crippen molar-refractivity contribution in [2.45, 2.75) is 38.2 Å². The van der Waals surface area contributed by atoms with Gasteiger partial charge in [0.2, 0.25) is 0 Å². The van der Waals surface area contributed by atoms with Gasteiger partial charge in [0.15, 0.2) is 0 Å². The highest BCUT2D eigenvalue weighted by molar-refractivity contribution is 5.23. The Labute approximate surface area is 78.6 Å². The Morgan fingerprint density at radius 3 is 2.62 bits per heavy atom. The zero-order valence-corrected chi connectivity index (χ0v) is 8.12. The third-order valence-corrected chi connectivity index (χ3v) is 2.56. The number of aromatic nitrogens is 1. The van der Waals surface area contributed by atoms with E-state index in [1.165, 1.54) is 0 Å². The van der Waals surface area contributed by atoms with Crippen LogP contribution in [0.15, 0.2) is 18.2 Å². The smallest absolute Gasteiger partial charge is 0.107 e. The number of aliphatic hydroxyl groups is 1. The molecule has 0 radical (unpaired) electrons. The molecule has 2 rings (SSSR count). The summed E-state index contributed by atoms with van der Waals surface area (Å²) in [7, 11) is 0. The Morgan fingerprint density at radius 1 is 1.38 bits per heavy atom. The molecule has 1 heterocycles. The van der Waals surface area contributed by atoms with Crippen LogP contribution in [0.2, 0.25) is 0 Å². The van der Waals surface area contributed by atoms with Crippen molar-refractivity contribution in [2.75, 3.05) is 0 Å². The molecule has 13 heavy (non-hydrogen) atoms. The van der Waals surface area contributed by atoms with Crippen molar-refractivity contribution in [1.29, 1.82) is 0 Å². The van der Waals surface area contributed by atoms with Crippen molar-refractivity contribution in [2.24, 2.45) is 0 Å². The fraction of sp³-hybridized carbons (Fsp3) is 0.545. The van der Waals surface area contributed by atoms with Crippen molar-refractivity contribution in [3.63, 3.8) is 0 Å². The number of hydrogen-bond donors (Lipinski definition) is 1. The normalized spacial score (nSPS) is 19.1. The van der Waals surface area contributed by atoms with Gasteiger partial charge in [0.05, 0.1) is 5.69 Å². The summed E-state index contributed by atoms with van der Waals surface area (Å²) >= 11 is 0. The van der Waals surface area contributed by atoms with Gasteiger partial charge in [0.25, 0.3) is 0 Å². The molecule has 1 aromatic heterocycles. The first-order valence-electron chi connectivity index (χ1n) is 4.82. The summed E-state index contributed by atoms with van der Waals surface area (Å²) in [5.74, 6) is 0.433. The molecule has 1 aliphatic rings. The third-order valence-electron chi connectivity index (χ3n) is 2.56. The van der Waals surface area contributed by atoms with Gasteiger partial charge in [-0.3, -0.25) is 4.98 Å². The summed E-state index contributed by atoms with van der Waals surface area (Å²) in [6.07, 6.45) is 1.73. The molecule has 2 nitrogen and oxygen atoms in total. The quantitative estimate of drug-likeness (QED) is 0.751. The number of nitrogens with zero attached hydrogens (tertiary/aromatic N) is 1. The third kappa shape index (κ3) is 1.59. The summed E-state index contributed by atoms with van der Waals surface area (Å²) in [6.45, 7) is 4.23. The Balaban J connectivity index is 2.33. The highest BCUT2D eigenvalue weighted by Crippen LogP contribution is 2.44. The van der Waals surface area contributed by atoms with Gasteiger partial charge in [-0.15, -0.1) is 0 Å². The van der Waals surface area contributed by atoms with Gasteiger partial charge in [0, 0.05) is 5.69 Å². The summed E-state index contributed by atoms with van der Waals surface area (Å²) in [6, 6.07) is 5.91. The van der Waals surface area contributed by atoms with Crippen LogP contribution in [0, 0.1) is 0 Å². The van der Waals surface area contributed by atoms with Crippen molar-refractivity contribution in [3.8, 4) is 0 Å². The molecule has 1 aromatic rings. The minimum absolute atomic E-state index is 0.433. The van der Waals surface area contributed by atoms with E-state index in [-0.39, 0.29) is 0 Å². The largest absolute Gasteiger partial charge is 0.384 e. The van der Waals surface area contributed by atoms with Gasteiger partial charge in [-0.05, 0) is 30.9 Å². The van der Waals surface area contributed by atoms with Crippen LogP contribution in [-0.2, 0) is 5.60 Å². The Hall–Kier alpha value is -0.890. The lowest BCUT2D eigenvalue weighted by Gasteiger charge is -2.10. The topological polar surface area (TPSA) is 33.1 Å². The molecule has 0 bridgehead atoms. The van der Waals surface area contributed by atoms with Gasteiger partial charge >= 0.3 is 0 Å². The van der Waals surface area contributed by atoms with Crippen LogP contribution in [0.25, 0.3) is 0 Å². The molecule has 0 amide bonds. The van der Waals surface area contributed by atoms with Gasteiger partial charge in [0.1, 0.15) is 5.60 Å². The van der Waals surface area contributed by atoms with Crippen molar-refractivity contribution >= 4 is 0 Å². The Bertz CT molecular complexity index is 316. The highest BCUT2D eigenvalue weighted by Gasteiger charge is 2.43. The first-order chi connectivity index (χ1) is 6.12. The molecule has 0 aliphatic heterocycles. The molecular weight excluding hydrogens is 162 g/mol. The van der Waals surface area contributed by atoms with E-state index in [9.17, 15) is 5.11 Å². The molecule has 1 N–H and O–H groups in total. The van der Waals surface area contributed by atoms with E-state index >= 15 is 0 Å². The molecule has 2 heteroatoms. The van der Waals surface area contributed by atoms with Crippen LogP contribution in [0.3, 0.4) is 0 Å². The van der Waals surface area contributed by atoms with Crippen LogP contribution in [0.1, 0.15) is 44.0 Å². The molecule has 1 fully saturated rings. The molecule has 70 valence electrons. The van der Waals surface area contributed by atoms with Gasteiger partial charge in [-0.2, -0.15) is 0 Å². The van der Waals surface area contributed by atoms with Crippen molar-refractivity contribution < 1.29 is 5.11 Å². The van der Waals surface area contributed by atoms with E-state index in [1.807, 2.05) is 18.2 Å². The fourth-order valence-corrected chi connectivity index (χ4v) is 1.41. The van der Waals surface area contributed by atoms with Crippen LogP contribution in [0.4, 0.5) is 0 Å². The lowest BCUT2D eigenvalue weighted by atomic mass is 10.1. The van der Waals surface area contributed by atoms with E-state index < -0.39 is 5.60 Å². The zero-order valence-electron chi connectivity index (χ0n) is 8.12. The maximum absolute atomic E-state index is 9.84. The monoisotopic (exact) mass is 177 g/mol. The van der Waals surface area contributed by atoms with E-state index in [0.29, 0.717) is 5.92 Å². The Kier molecular flexibility index (Phi) is 1.88. The van der Waals surface area contributed by atoms with Crippen LogP contribution >= 0.6 is 0 Å². The average molecular weight is 177 g/mol. The first-order valence-corrected chi connectivity index (χ1v) is 4.82. The van der Waals surface area contributed by atoms with Crippen molar-refractivity contribution in [1.82, 2.24) is 4.98 Å². The maximum Gasteiger partial charge on any atom is 0.107 e. The zero-order chi connectivity index (χ0) is 9.47. The maximum atomic E-state index is 9.84. The summed E-state index contributed by atoms with van der Waals surface area (Å²) in [4.78, 5) is 4.46. The highest BCUT2D eigenvalue weighted by atomic mass is 16.3. The molecular formula is C11H15NO. The minimum Gasteiger partial charge on any atom is -0.384 e. The first kappa shape index (κ1) is 8.70. The number of pyridine rings is 1. The second-order valence-corrected chi connectivity index (χ2v) is 4.13. The van der Waals surface area contributed by atoms with Crippen LogP contribution < -0.4 is 0 Å². The summed E-state index contributed by atoms with van der Waals surface area (Å²) < 4.78 is 0. The summed E-state index contributed by atoms with van der Waals surface area (Å²) in [5.41, 5.74) is 1.32. The van der Waals surface area contributed by atoms with Crippen LogP contribution in [0.5, 0.6) is 0 Å². The molecule has 0 saturated heterocycles. The Morgan fingerprint density at radius 2 is 2.08 bits per heavy atom. The van der Waals surface area contributed by atoms with Gasteiger partial charge < -0.3 is 5.11 Å². The lowest BCUT2D eigenvalue weighted by Crippen LogP contribution is -2.08. The molecule has 0 spiro atoms. The average Bonchev–Trinajstić information content (AvgIpc) is 2.85. The molecule has 0 atom stereocenters. The summed E-state index contributed by atoms with van der Waals surface area (Å²) in [5, 5.41) is 9.84. The van der Waals surface area contributed by atoms with E-state index in [1.54, 1.807) is 0 Å².